The number of carbonyl (C=O) groups excluding carboxylic acids is 1. The van der Waals surface area contributed by atoms with Gasteiger partial charge in [-0.3, -0.25) is 14.7 Å². The summed E-state index contributed by atoms with van der Waals surface area (Å²) in [5, 5.41) is 14.3. The molecule has 0 saturated carbocycles. The van der Waals surface area contributed by atoms with Crippen molar-refractivity contribution >= 4 is 5.91 Å². The molecular weight excluding hydrogens is 370 g/mol. The number of nitrogens with one attached hydrogen (secondary N) is 2. The van der Waals surface area contributed by atoms with Gasteiger partial charge in [0.15, 0.2) is 0 Å². The smallest absolute Gasteiger partial charge is 0.272 e. The molecule has 2 aromatic rings. The number of aliphatic hydroxyl groups excluding tert-OH is 1. The number of pyridine rings is 1. The molecule has 0 unspecified atom stereocenters. The van der Waals surface area contributed by atoms with Gasteiger partial charge in [0, 0.05) is 44.3 Å². The van der Waals surface area contributed by atoms with Gasteiger partial charge in [-0.2, -0.15) is 0 Å². The molecule has 2 aliphatic heterocycles. The predicted molar refractivity (Wildman–Crippen MR) is 107 cm³/mol. The van der Waals surface area contributed by atoms with Crippen LogP contribution in [-0.4, -0.2) is 67.8 Å². The first-order chi connectivity index (χ1) is 13.9. The Kier molecular flexibility index (Phi) is 5.42. The first-order valence-corrected chi connectivity index (χ1v) is 10.2. The van der Waals surface area contributed by atoms with E-state index in [1.807, 2.05) is 26.1 Å². The summed E-state index contributed by atoms with van der Waals surface area (Å²) in [5.74, 6) is -0.267. The van der Waals surface area contributed by atoms with E-state index < -0.39 is 17.2 Å². The average Bonchev–Trinajstić information content (AvgIpc) is 3.15. The minimum atomic E-state index is -0.785. The highest BCUT2D eigenvalue weighted by molar-refractivity contribution is 5.93. The lowest BCUT2D eigenvalue weighted by molar-refractivity contribution is -0.205. The number of imidazole rings is 1. The Balaban J connectivity index is 1.42. The van der Waals surface area contributed by atoms with Gasteiger partial charge in [0.2, 0.25) is 0 Å². The Hall–Kier alpha value is -2.29. The Morgan fingerprint density at radius 3 is 2.86 bits per heavy atom. The predicted octanol–water partition coefficient (Wildman–Crippen LogP) is 1.42. The quantitative estimate of drug-likeness (QED) is 0.718. The van der Waals surface area contributed by atoms with Crippen LogP contribution in [0.2, 0.25) is 0 Å². The van der Waals surface area contributed by atoms with Crippen molar-refractivity contribution in [2.24, 2.45) is 0 Å². The molecule has 2 atom stereocenters. The second-order valence-electron chi connectivity index (χ2n) is 8.45. The second-order valence-corrected chi connectivity index (χ2v) is 8.45. The fourth-order valence-corrected chi connectivity index (χ4v) is 4.56. The average molecular weight is 399 g/mol. The molecular formula is C21H29N5O3. The van der Waals surface area contributed by atoms with E-state index in [9.17, 15) is 9.90 Å². The number of rotatable bonds is 4. The SMILES string of the molecule is Cc1[nH]cnc1C(=O)N[C@]1(C)CCOC2(CCN(Cc3cccnc3)CC2)[C@H]1O. The van der Waals surface area contributed by atoms with Gasteiger partial charge in [-0.05, 0) is 44.7 Å². The molecule has 29 heavy (non-hydrogen) atoms. The summed E-state index contributed by atoms with van der Waals surface area (Å²) in [7, 11) is 0. The van der Waals surface area contributed by atoms with Crippen LogP contribution in [0.15, 0.2) is 30.9 Å². The Morgan fingerprint density at radius 2 is 2.21 bits per heavy atom. The van der Waals surface area contributed by atoms with Gasteiger partial charge in [0.05, 0.1) is 17.5 Å². The van der Waals surface area contributed by atoms with E-state index in [4.69, 9.17) is 4.74 Å². The van der Waals surface area contributed by atoms with Crippen LogP contribution in [0.25, 0.3) is 0 Å². The third kappa shape index (κ3) is 3.92. The number of ether oxygens (including phenoxy) is 1. The first kappa shape index (κ1) is 20.0. The van der Waals surface area contributed by atoms with Crippen LogP contribution in [-0.2, 0) is 11.3 Å². The molecule has 1 spiro atoms. The lowest BCUT2D eigenvalue weighted by Crippen LogP contribution is -2.69. The molecule has 8 heteroatoms. The zero-order valence-electron chi connectivity index (χ0n) is 17.0. The van der Waals surface area contributed by atoms with E-state index in [1.54, 1.807) is 6.20 Å². The maximum Gasteiger partial charge on any atom is 0.272 e. The summed E-state index contributed by atoms with van der Waals surface area (Å²) in [5.41, 5.74) is 0.870. The molecule has 1 amide bonds. The monoisotopic (exact) mass is 399 g/mol. The fraction of sp³-hybridized carbons (Fsp3) is 0.571. The number of carbonyl (C=O) groups is 1. The molecule has 3 N–H and O–H groups in total. The van der Waals surface area contributed by atoms with Crippen molar-refractivity contribution in [3.63, 3.8) is 0 Å². The molecule has 0 bridgehead atoms. The van der Waals surface area contributed by atoms with Crippen molar-refractivity contribution < 1.29 is 14.6 Å². The van der Waals surface area contributed by atoms with Crippen molar-refractivity contribution in [2.45, 2.75) is 56.9 Å². The number of aromatic amines is 1. The third-order valence-corrected chi connectivity index (χ3v) is 6.39. The maximum absolute atomic E-state index is 12.7. The standard InChI is InChI=1S/C21H29N5O3/c1-15-17(24-14-23-15)18(27)25-20(2)7-11-29-21(19(20)28)5-9-26(10-6-21)13-16-4-3-8-22-12-16/h3-4,8,12,14,19,28H,5-7,9-11,13H2,1-2H3,(H,23,24)(H,25,27)/t19-,20+/m0/s1. The minimum absolute atomic E-state index is 0.267. The number of piperidine rings is 1. The van der Waals surface area contributed by atoms with Gasteiger partial charge < -0.3 is 20.1 Å². The molecule has 156 valence electrons. The van der Waals surface area contributed by atoms with Crippen LogP contribution < -0.4 is 5.32 Å². The number of aryl methyl sites for hydroxylation is 1. The molecule has 0 radical (unpaired) electrons. The highest BCUT2D eigenvalue weighted by atomic mass is 16.5. The Bertz CT molecular complexity index is 847. The van der Waals surface area contributed by atoms with E-state index in [0.29, 0.717) is 24.4 Å². The summed E-state index contributed by atoms with van der Waals surface area (Å²) in [6.45, 7) is 6.72. The van der Waals surface area contributed by atoms with Crippen LogP contribution >= 0.6 is 0 Å². The van der Waals surface area contributed by atoms with E-state index in [2.05, 4.69) is 31.2 Å². The van der Waals surface area contributed by atoms with Crippen molar-refractivity contribution in [1.29, 1.82) is 0 Å². The van der Waals surface area contributed by atoms with Gasteiger partial charge in [-0.15, -0.1) is 0 Å². The number of amides is 1. The Morgan fingerprint density at radius 1 is 1.41 bits per heavy atom. The summed E-state index contributed by atoms with van der Waals surface area (Å²) in [6, 6.07) is 4.02. The summed E-state index contributed by atoms with van der Waals surface area (Å²) in [6.07, 6.45) is 6.40. The van der Waals surface area contributed by atoms with Gasteiger partial charge in [-0.1, -0.05) is 6.07 Å². The van der Waals surface area contributed by atoms with Gasteiger partial charge in [0.1, 0.15) is 11.8 Å². The largest absolute Gasteiger partial charge is 0.388 e. The van der Waals surface area contributed by atoms with Gasteiger partial charge in [-0.25, -0.2) is 4.98 Å². The summed E-state index contributed by atoms with van der Waals surface area (Å²) >= 11 is 0. The fourth-order valence-electron chi connectivity index (χ4n) is 4.56. The lowest BCUT2D eigenvalue weighted by atomic mass is 9.73. The van der Waals surface area contributed by atoms with Crippen LogP contribution in [0.1, 0.15) is 47.9 Å². The molecule has 2 aromatic heterocycles. The van der Waals surface area contributed by atoms with Gasteiger partial charge in [0.25, 0.3) is 5.91 Å². The Labute approximate surface area is 170 Å². The summed E-state index contributed by atoms with van der Waals surface area (Å²) in [4.78, 5) is 26.3. The number of nitrogens with zero attached hydrogens (tertiary/aromatic N) is 3. The van der Waals surface area contributed by atoms with Crippen LogP contribution in [0.4, 0.5) is 0 Å². The highest BCUT2D eigenvalue weighted by Gasteiger charge is 2.53. The van der Waals surface area contributed by atoms with Crippen molar-refractivity contribution in [3.8, 4) is 0 Å². The van der Waals surface area contributed by atoms with Crippen molar-refractivity contribution in [3.05, 3.63) is 47.8 Å². The first-order valence-electron chi connectivity index (χ1n) is 10.2. The summed E-state index contributed by atoms with van der Waals surface area (Å²) < 4.78 is 6.15. The maximum atomic E-state index is 12.7. The molecule has 4 heterocycles. The molecule has 2 aliphatic rings. The third-order valence-electron chi connectivity index (χ3n) is 6.39. The van der Waals surface area contributed by atoms with E-state index in [-0.39, 0.29) is 5.91 Å². The topological polar surface area (TPSA) is 103 Å². The van der Waals surface area contributed by atoms with Crippen LogP contribution in [0, 0.1) is 6.92 Å². The zero-order valence-corrected chi connectivity index (χ0v) is 17.0. The van der Waals surface area contributed by atoms with Crippen LogP contribution in [0.3, 0.4) is 0 Å². The van der Waals surface area contributed by atoms with Crippen molar-refractivity contribution in [2.75, 3.05) is 19.7 Å². The molecule has 0 aromatic carbocycles. The van der Waals surface area contributed by atoms with Crippen molar-refractivity contribution in [1.82, 2.24) is 25.2 Å². The number of hydrogen-bond acceptors (Lipinski definition) is 6. The second kappa shape index (κ2) is 7.85. The normalized spacial score (nSPS) is 27.1. The van der Waals surface area contributed by atoms with E-state index in [0.717, 1.165) is 32.5 Å². The lowest BCUT2D eigenvalue weighted by Gasteiger charge is -2.53. The number of aliphatic hydroxyl groups is 1. The zero-order chi connectivity index (χ0) is 20.5. The van der Waals surface area contributed by atoms with Crippen LogP contribution in [0.5, 0.6) is 0 Å². The molecule has 2 fully saturated rings. The number of likely N-dealkylation sites (tertiary alicyclic amines) is 1. The van der Waals surface area contributed by atoms with E-state index >= 15 is 0 Å². The molecule has 8 nitrogen and oxygen atoms in total. The molecule has 0 aliphatic carbocycles. The molecule has 2 saturated heterocycles. The van der Waals surface area contributed by atoms with Gasteiger partial charge >= 0.3 is 0 Å². The number of H-pyrrole nitrogens is 1. The van der Waals surface area contributed by atoms with E-state index in [1.165, 1.54) is 11.9 Å². The molecule has 4 rings (SSSR count). The number of hydrogen-bond donors (Lipinski definition) is 3. The number of aromatic nitrogens is 3. The minimum Gasteiger partial charge on any atom is -0.388 e. The highest BCUT2D eigenvalue weighted by Crippen LogP contribution is 2.40.